The van der Waals surface area contributed by atoms with Crippen molar-refractivity contribution < 1.29 is 9.18 Å². The Hall–Kier alpha value is -2.59. The molecule has 0 bridgehead atoms. The highest BCUT2D eigenvalue weighted by atomic mass is 32.2. The number of amides is 1. The molecule has 1 aliphatic rings. The van der Waals surface area contributed by atoms with E-state index in [1.165, 1.54) is 11.6 Å². The summed E-state index contributed by atoms with van der Waals surface area (Å²) in [6.45, 7) is 4.57. The molecule has 0 radical (unpaired) electrons. The molecule has 0 saturated heterocycles. The molecule has 0 N–H and O–H groups in total. The second-order valence-corrected chi connectivity index (χ2v) is 8.24. The summed E-state index contributed by atoms with van der Waals surface area (Å²) >= 11 is 1.56. The molecular weight excluding hydrogens is 369 g/mol. The molecule has 28 heavy (non-hydrogen) atoms. The molecule has 0 spiro atoms. The zero-order valence-electron chi connectivity index (χ0n) is 15.9. The third-order valence-corrected chi connectivity index (χ3v) is 6.46. The quantitative estimate of drug-likeness (QED) is 0.561. The number of carbonyl (C=O) groups excluding carboxylic acids is 1. The molecule has 3 aromatic rings. The van der Waals surface area contributed by atoms with Gasteiger partial charge in [-0.15, -0.1) is 11.8 Å². The van der Waals surface area contributed by atoms with Crippen molar-refractivity contribution in [2.24, 2.45) is 0 Å². The average molecular weight is 392 g/mol. The standard InChI is InChI=1S/C24H22FNOS/c1-3-26-21-14-11-18(25)15-20(21)22(17-7-5-4-6-8-17)23(24(26)27)28-19-12-9-16(2)10-13-19/h4-15,22-23H,3H2,1-2H3/t22-,23-/m0/s1. The van der Waals surface area contributed by atoms with Gasteiger partial charge < -0.3 is 4.90 Å². The van der Waals surface area contributed by atoms with Crippen LogP contribution in [-0.4, -0.2) is 17.7 Å². The van der Waals surface area contributed by atoms with Crippen LogP contribution < -0.4 is 4.90 Å². The van der Waals surface area contributed by atoms with E-state index in [1.54, 1.807) is 28.8 Å². The average Bonchev–Trinajstić information content (AvgIpc) is 2.71. The first-order valence-corrected chi connectivity index (χ1v) is 10.4. The van der Waals surface area contributed by atoms with E-state index in [2.05, 4.69) is 12.1 Å². The van der Waals surface area contributed by atoms with Crippen LogP contribution in [0.1, 0.15) is 29.5 Å². The van der Waals surface area contributed by atoms with Crippen molar-refractivity contribution in [2.45, 2.75) is 29.9 Å². The number of carbonyl (C=O) groups is 1. The molecule has 0 unspecified atom stereocenters. The van der Waals surface area contributed by atoms with E-state index in [0.29, 0.717) is 6.54 Å². The molecule has 2 atom stereocenters. The fourth-order valence-corrected chi connectivity index (χ4v) is 5.08. The summed E-state index contributed by atoms with van der Waals surface area (Å²) in [6.07, 6.45) is 0. The van der Waals surface area contributed by atoms with Gasteiger partial charge in [0.1, 0.15) is 5.82 Å². The monoisotopic (exact) mass is 391 g/mol. The maximum Gasteiger partial charge on any atom is 0.241 e. The molecule has 0 fully saturated rings. The number of thioether (sulfide) groups is 1. The summed E-state index contributed by atoms with van der Waals surface area (Å²) < 4.78 is 14.2. The van der Waals surface area contributed by atoms with Crippen molar-refractivity contribution in [3.63, 3.8) is 0 Å². The third-order valence-electron chi connectivity index (χ3n) is 5.19. The Morgan fingerprint density at radius 2 is 1.71 bits per heavy atom. The van der Waals surface area contributed by atoms with Gasteiger partial charge in [-0.1, -0.05) is 48.0 Å². The van der Waals surface area contributed by atoms with Gasteiger partial charge in [-0.25, -0.2) is 4.39 Å². The Balaban J connectivity index is 1.86. The summed E-state index contributed by atoms with van der Waals surface area (Å²) in [4.78, 5) is 16.3. The first-order valence-electron chi connectivity index (χ1n) is 9.47. The highest BCUT2D eigenvalue weighted by Gasteiger charge is 2.41. The van der Waals surface area contributed by atoms with Crippen LogP contribution in [0.25, 0.3) is 0 Å². The van der Waals surface area contributed by atoms with E-state index in [-0.39, 0.29) is 22.9 Å². The van der Waals surface area contributed by atoms with Gasteiger partial charge in [0.15, 0.2) is 0 Å². The number of nitrogens with zero attached hydrogens (tertiary/aromatic N) is 1. The SMILES string of the molecule is CCN1C(=O)[C@@H](Sc2ccc(C)cc2)[C@@H](c2ccccc2)c2cc(F)ccc21. The van der Waals surface area contributed by atoms with Gasteiger partial charge in [-0.2, -0.15) is 0 Å². The lowest BCUT2D eigenvalue weighted by molar-refractivity contribution is -0.118. The van der Waals surface area contributed by atoms with Crippen LogP contribution in [0.3, 0.4) is 0 Å². The lowest BCUT2D eigenvalue weighted by Crippen LogP contribution is -2.45. The van der Waals surface area contributed by atoms with Crippen molar-refractivity contribution in [3.05, 3.63) is 95.3 Å². The fourth-order valence-electron chi connectivity index (χ4n) is 3.82. The first kappa shape index (κ1) is 18.8. The van der Waals surface area contributed by atoms with Gasteiger partial charge in [-0.05, 0) is 55.3 Å². The molecule has 142 valence electrons. The highest BCUT2D eigenvalue weighted by Crippen LogP contribution is 2.46. The first-order chi connectivity index (χ1) is 13.6. The number of benzene rings is 3. The Bertz CT molecular complexity index is 987. The number of hydrogen-bond acceptors (Lipinski definition) is 2. The van der Waals surface area contributed by atoms with E-state index in [1.807, 2.05) is 56.3 Å². The van der Waals surface area contributed by atoms with Gasteiger partial charge in [-0.3, -0.25) is 4.79 Å². The number of hydrogen-bond donors (Lipinski definition) is 0. The van der Waals surface area contributed by atoms with E-state index in [9.17, 15) is 9.18 Å². The summed E-state index contributed by atoms with van der Waals surface area (Å²) in [5.74, 6) is -0.404. The van der Waals surface area contributed by atoms with Crippen LogP contribution in [0.4, 0.5) is 10.1 Å². The lowest BCUT2D eigenvalue weighted by Gasteiger charge is -2.39. The molecule has 0 saturated carbocycles. The summed E-state index contributed by atoms with van der Waals surface area (Å²) in [6, 6.07) is 22.9. The Morgan fingerprint density at radius 3 is 2.39 bits per heavy atom. The highest BCUT2D eigenvalue weighted by molar-refractivity contribution is 8.00. The number of halogens is 1. The number of anilines is 1. The van der Waals surface area contributed by atoms with Crippen LogP contribution in [0.2, 0.25) is 0 Å². The normalized spacial score (nSPS) is 18.8. The summed E-state index contributed by atoms with van der Waals surface area (Å²) in [7, 11) is 0. The minimum atomic E-state index is -0.348. The smallest absolute Gasteiger partial charge is 0.241 e. The van der Waals surface area contributed by atoms with Gasteiger partial charge >= 0.3 is 0 Å². The topological polar surface area (TPSA) is 20.3 Å². The minimum Gasteiger partial charge on any atom is -0.311 e. The Labute approximate surface area is 169 Å². The summed E-state index contributed by atoms with van der Waals surface area (Å²) in [5.41, 5.74) is 3.89. The number of fused-ring (bicyclic) bond motifs is 1. The largest absolute Gasteiger partial charge is 0.311 e. The maximum atomic E-state index is 14.2. The zero-order chi connectivity index (χ0) is 19.7. The zero-order valence-corrected chi connectivity index (χ0v) is 16.7. The molecule has 1 aliphatic heterocycles. The van der Waals surface area contributed by atoms with Crippen LogP contribution in [0, 0.1) is 12.7 Å². The number of rotatable bonds is 4. The van der Waals surface area contributed by atoms with Crippen molar-refractivity contribution >= 4 is 23.4 Å². The minimum absolute atomic E-state index is 0.0704. The molecule has 1 amide bonds. The molecule has 0 aromatic heterocycles. The predicted molar refractivity (Wildman–Crippen MR) is 114 cm³/mol. The molecule has 0 aliphatic carbocycles. The van der Waals surface area contributed by atoms with Crippen LogP contribution in [-0.2, 0) is 4.79 Å². The van der Waals surface area contributed by atoms with Crippen LogP contribution in [0.15, 0.2) is 77.7 Å². The van der Waals surface area contributed by atoms with Gasteiger partial charge in [0.05, 0.1) is 5.25 Å². The maximum absolute atomic E-state index is 14.2. The van der Waals surface area contributed by atoms with Crippen molar-refractivity contribution in [1.82, 2.24) is 0 Å². The fraction of sp³-hybridized carbons (Fsp3) is 0.208. The van der Waals surface area contributed by atoms with Crippen molar-refractivity contribution in [2.75, 3.05) is 11.4 Å². The van der Waals surface area contributed by atoms with E-state index < -0.39 is 0 Å². The van der Waals surface area contributed by atoms with E-state index in [0.717, 1.165) is 21.7 Å². The second kappa shape index (κ2) is 7.80. The van der Waals surface area contributed by atoms with Crippen molar-refractivity contribution in [3.8, 4) is 0 Å². The molecule has 3 aromatic carbocycles. The predicted octanol–water partition coefficient (Wildman–Crippen LogP) is 5.79. The number of aryl methyl sites for hydroxylation is 1. The molecule has 2 nitrogen and oxygen atoms in total. The van der Waals surface area contributed by atoms with Gasteiger partial charge in [0.2, 0.25) is 5.91 Å². The van der Waals surface area contributed by atoms with Crippen LogP contribution in [0.5, 0.6) is 0 Å². The lowest BCUT2D eigenvalue weighted by atomic mass is 9.83. The second-order valence-electron chi connectivity index (χ2n) is 7.03. The molecule has 4 rings (SSSR count). The van der Waals surface area contributed by atoms with E-state index >= 15 is 0 Å². The van der Waals surface area contributed by atoms with Gasteiger partial charge in [0.25, 0.3) is 0 Å². The van der Waals surface area contributed by atoms with Crippen LogP contribution >= 0.6 is 11.8 Å². The molecular formula is C24H22FNOS. The van der Waals surface area contributed by atoms with Crippen molar-refractivity contribution in [1.29, 1.82) is 0 Å². The molecule has 1 heterocycles. The summed E-state index contributed by atoms with van der Waals surface area (Å²) in [5, 5.41) is -0.348. The van der Waals surface area contributed by atoms with E-state index in [4.69, 9.17) is 0 Å². The Kier molecular flexibility index (Phi) is 5.23. The Morgan fingerprint density at radius 1 is 1.00 bits per heavy atom. The third kappa shape index (κ3) is 3.45. The van der Waals surface area contributed by atoms with Gasteiger partial charge in [0, 0.05) is 23.0 Å². The molecule has 4 heteroatoms.